The molecule has 0 saturated heterocycles. The first kappa shape index (κ1) is 21.3. The molecule has 0 aliphatic carbocycles. The van der Waals surface area contributed by atoms with Gasteiger partial charge in [0.2, 0.25) is 0 Å². The molecule has 154 valence electrons. The number of carbonyl (C=O) groups excluding carboxylic acids is 1. The minimum absolute atomic E-state index is 0.0347. The second-order valence-electron chi connectivity index (χ2n) is 6.72. The van der Waals surface area contributed by atoms with E-state index in [1.165, 1.54) is 4.90 Å². The summed E-state index contributed by atoms with van der Waals surface area (Å²) in [5.74, 6) is 0.440. The van der Waals surface area contributed by atoms with Gasteiger partial charge in [0, 0.05) is 50.2 Å². The number of rotatable bonds is 7. The van der Waals surface area contributed by atoms with Crippen molar-refractivity contribution >= 4 is 39.8 Å². The molecule has 0 bridgehead atoms. The Hall–Kier alpha value is -3.45. The monoisotopic (exact) mass is 423 g/mol. The molecule has 0 saturated carbocycles. The third-order valence-corrected chi connectivity index (χ3v) is 4.59. The molecule has 1 aromatic carbocycles. The van der Waals surface area contributed by atoms with Crippen LogP contribution in [0.15, 0.2) is 54.9 Å². The first-order chi connectivity index (χ1) is 14.4. The summed E-state index contributed by atoms with van der Waals surface area (Å²) in [6.45, 7) is -0.0347. The van der Waals surface area contributed by atoms with E-state index in [9.17, 15) is 4.79 Å². The highest BCUT2D eigenvalue weighted by atomic mass is 35.5. The summed E-state index contributed by atoms with van der Waals surface area (Å²) in [7, 11) is 5.13. The molecule has 0 aliphatic heterocycles. The Morgan fingerprint density at radius 3 is 2.57 bits per heavy atom. The number of fused-ring (bicyclic) bond motifs is 1. The van der Waals surface area contributed by atoms with E-state index >= 15 is 0 Å². The Morgan fingerprint density at radius 1 is 1.17 bits per heavy atom. The van der Waals surface area contributed by atoms with E-state index in [2.05, 4.69) is 15.3 Å². The fraction of sp³-hybridized carbons (Fsp3) is 0.182. The number of pyridine rings is 2. The zero-order valence-corrected chi connectivity index (χ0v) is 17.7. The maximum absolute atomic E-state index is 11.7. The van der Waals surface area contributed by atoms with E-state index in [0.29, 0.717) is 33.3 Å². The van der Waals surface area contributed by atoms with Crippen molar-refractivity contribution < 1.29 is 9.53 Å². The Labute approximate surface area is 179 Å². The van der Waals surface area contributed by atoms with Crippen molar-refractivity contribution in [3.63, 3.8) is 0 Å². The minimum atomic E-state index is -0.122. The van der Waals surface area contributed by atoms with E-state index in [0.717, 1.165) is 11.1 Å². The number of likely N-dealkylation sites (N-methyl/N-ethyl adjacent to an activating group) is 1. The maximum Gasteiger partial charge on any atom is 0.259 e. The summed E-state index contributed by atoms with van der Waals surface area (Å²) in [5, 5.41) is 12.1. The van der Waals surface area contributed by atoms with Gasteiger partial charge in [-0.2, -0.15) is 0 Å². The predicted molar refractivity (Wildman–Crippen MR) is 119 cm³/mol. The lowest BCUT2D eigenvalue weighted by molar-refractivity contribution is -0.130. The van der Waals surface area contributed by atoms with Gasteiger partial charge >= 0.3 is 0 Å². The SMILES string of the molecule is CN/C=C(\C(=N)c1ccc(OCC(=O)N(C)C)cc1)c1cnc2ccc(Cl)nc2c1. The van der Waals surface area contributed by atoms with Gasteiger partial charge in [0.25, 0.3) is 5.91 Å². The molecule has 8 heteroatoms. The third kappa shape index (κ3) is 4.93. The van der Waals surface area contributed by atoms with E-state index in [4.69, 9.17) is 21.7 Å². The van der Waals surface area contributed by atoms with E-state index in [-0.39, 0.29) is 12.5 Å². The number of nitrogens with one attached hydrogen (secondary N) is 2. The van der Waals surface area contributed by atoms with Gasteiger partial charge in [0.05, 0.1) is 16.7 Å². The lowest BCUT2D eigenvalue weighted by atomic mass is 9.97. The average Bonchev–Trinajstić information content (AvgIpc) is 2.75. The number of hydrogen-bond acceptors (Lipinski definition) is 6. The minimum Gasteiger partial charge on any atom is -0.484 e. The normalized spacial score (nSPS) is 11.3. The summed E-state index contributed by atoms with van der Waals surface area (Å²) in [6, 6.07) is 12.4. The zero-order valence-electron chi connectivity index (χ0n) is 16.9. The van der Waals surface area contributed by atoms with Crippen molar-refractivity contribution in [1.29, 1.82) is 5.41 Å². The van der Waals surface area contributed by atoms with Gasteiger partial charge in [-0.15, -0.1) is 0 Å². The Balaban J connectivity index is 1.84. The van der Waals surface area contributed by atoms with Crippen LogP contribution in [0.3, 0.4) is 0 Å². The smallest absolute Gasteiger partial charge is 0.259 e. The highest BCUT2D eigenvalue weighted by Gasteiger charge is 2.13. The summed E-state index contributed by atoms with van der Waals surface area (Å²) >= 11 is 6.00. The molecule has 0 spiro atoms. The Bertz CT molecular complexity index is 1110. The van der Waals surface area contributed by atoms with Gasteiger partial charge in [-0.05, 0) is 42.5 Å². The van der Waals surface area contributed by atoms with Crippen LogP contribution in [0.2, 0.25) is 5.15 Å². The molecule has 2 aromatic heterocycles. The van der Waals surface area contributed by atoms with Crippen molar-refractivity contribution in [2.24, 2.45) is 0 Å². The number of carbonyl (C=O) groups is 1. The highest BCUT2D eigenvalue weighted by Crippen LogP contribution is 2.24. The van der Waals surface area contributed by atoms with Crippen molar-refractivity contribution in [3.05, 3.63) is 71.1 Å². The summed E-state index contributed by atoms with van der Waals surface area (Å²) in [5.41, 5.74) is 3.79. The molecular weight excluding hydrogens is 402 g/mol. The number of benzene rings is 1. The van der Waals surface area contributed by atoms with Crippen LogP contribution in [0.25, 0.3) is 16.6 Å². The summed E-state index contributed by atoms with van der Waals surface area (Å²) < 4.78 is 5.50. The van der Waals surface area contributed by atoms with Gasteiger partial charge in [0.15, 0.2) is 6.61 Å². The average molecular weight is 424 g/mol. The summed E-state index contributed by atoms with van der Waals surface area (Å²) in [4.78, 5) is 21.9. The number of allylic oxidation sites excluding steroid dienone is 1. The zero-order chi connectivity index (χ0) is 21.7. The van der Waals surface area contributed by atoms with E-state index < -0.39 is 0 Å². The van der Waals surface area contributed by atoms with Gasteiger partial charge in [-0.1, -0.05) is 11.6 Å². The molecule has 30 heavy (non-hydrogen) atoms. The standard InChI is InChI=1S/C22H22ClN5O2/c1-25-12-17(15-10-19-18(26-11-15)8-9-20(23)27-19)22(24)14-4-6-16(7-5-14)30-13-21(29)28(2)3/h4-12,24-25H,13H2,1-3H3/b17-12-,24-22?. The van der Waals surface area contributed by atoms with Crippen LogP contribution in [-0.2, 0) is 4.79 Å². The summed E-state index contributed by atoms with van der Waals surface area (Å²) in [6.07, 6.45) is 3.45. The largest absolute Gasteiger partial charge is 0.484 e. The van der Waals surface area contributed by atoms with Crippen molar-refractivity contribution in [1.82, 2.24) is 20.2 Å². The van der Waals surface area contributed by atoms with Gasteiger partial charge in [-0.3, -0.25) is 15.2 Å². The number of amides is 1. The number of nitrogens with zero attached hydrogens (tertiary/aromatic N) is 3. The molecule has 0 fully saturated rings. The van der Waals surface area contributed by atoms with Gasteiger partial charge in [0.1, 0.15) is 10.9 Å². The Kier molecular flexibility index (Phi) is 6.64. The quantitative estimate of drug-likeness (QED) is 0.449. The topological polar surface area (TPSA) is 91.2 Å². The molecule has 0 unspecified atom stereocenters. The first-order valence-corrected chi connectivity index (χ1v) is 9.59. The van der Waals surface area contributed by atoms with Crippen LogP contribution in [-0.4, -0.2) is 54.2 Å². The van der Waals surface area contributed by atoms with Crippen LogP contribution >= 0.6 is 11.6 Å². The van der Waals surface area contributed by atoms with Gasteiger partial charge < -0.3 is 15.0 Å². The number of halogens is 1. The molecule has 3 aromatic rings. The number of ether oxygens (including phenoxy) is 1. The fourth-order valence-corrected chi connectivity index (χ4v) is 2.87. The number of aromatic nitrogens is 2. The van der Waals surface area contributed by atoms with Crippen molar-refractivity contribution in [2.75, 3.05) is 27.7 Å². The van der Waals surface area contributed by atoms with Crippen molar-refractivity contribution in [2.45, 2.75) is 0 Å². The fourth-order valence-electron chi connectivity index (χ4n) is 2.72. The van der Waals surface area contributed by atoms with E-state index in [1.807, 2.05) is 6.07 Å². The van der Waals surface area contributed by atoms with E-state index in [1.54, 1.807) is 69.9 Å². The second-order valence-corrected chi connectivity index (χ2v) is 7.11. The van der Waals surface area contributed by atoms with Gasteiger partial charge in [-0.25, -0.2) is 4.98 Å². The van der Waals surface area contributed by atoms with Crippen LogP contribution in [0.1, 0.15) is 11.1 Å². The predicted octanol–water partition coefficient (Wildman–Crippen LogP) is 3.38. The molecule has 2 heterocycles. The molecule has 0 aliphatic rings. The molecular formula is C22H22ClN5O2. The number of hydrogen-bond donors (Lipinski definition) is 2. The molecule has 3 rings (SSSR count). The molecule has 0 atom stereocenters. The second kappa shape index (κ2) is 9.37. The lowest BCUT2D eigenvalue weighted by Gasteiger charge is -2.13. The molecule has 7 nitrogen and oxygen atoms in total. The third-order valence-electron chi connectivity index (χ3n) is 4.38. The Morgan fingerprint density at radius 2 is 1.90 bits per heavy atom. The first-order valence-electron chi connectivity index (χ1n) is 9.21. The molecule has 2 N–H and O–H groups in total. The maximum atomic E-state index is 11.7. The molecule has 0 radical (unpaired) electrons. The van der Waals surface area contributed by atoms with Crippen molar-refractivity contribution in [3.8, 4) is 5.75 Å². The highest BCUT2D eigenvalue weighted by molar-refractivity contribution is 6.31. The van der Waals surface area contributed by atoms with Crippen LogP contribution in [0, 0.1) is 5.41 Å². The molecule has 1 amide bonds. The van der Waals surface area contributed by atoms with Crippen LogP contribution in [0.4, 0.5) is 0 Å². The lowest BCUT2D eigenvalue weighted by Crippen LogP contribution is -2.27. The van der Waals surface area contributed by atoms with Crippen LogP contribution < -0.4 is 10.1 Å². The van der Waals surface area contributed by atoms with Crippen LogP contribution in [0.5, 0.6) is 5.75 Å².